The van der Waals surface area contributed by atoms with Crippen molar-refractivity contribution in [2.45, 2.75) is 0 Å². The van der Waals surface area contributed by atoms with Gasteiger partial charge in [0.1, 0.15) is 17.4 Å². The van der Waals surface area contributed by atoms with Gasteiger partial charge in [0, 0.05) is 33.3 Å². The molecule has 1 heterocycles. The van der Waals surface area contributed by atoms with Gasteiger partial charge in [-0.1, -0.05) is 12.1 Å². The molecule has 0 unspecified atom stereocenters. The van der Waals surface area contributed by atoms with Gasteiger partial charge in [-0.15, -0.1) is 24.8 Å². The average molecular weight is 472 g/mol. The number of hydrogen-bond donors (Lipinski definition) is 5. The Labute approximate surface area is 197 Å². The van der Waals surface area contributed by atoms with Crippen molar-refractivity contribution in [3.8, 4) is 28.5 Å². The van der Waals surface area contributed by atoms with Crippen molar-refractivity contribution in [3.05, 3.63) is 77.9 Å². The van der Waals surface area contributed by atoms with Crippen LogP contribution in [0.4, 0.5) is 0 Å². The average Bonchev–Trinajstić information content (AvgIpc) is 3.17. The molecule has 1 aromatic heterocycles. The summed E-state index contributed by atoms with van der Waals surface area (Å²) < 4.78 is 11.5. The molecule has 7 nitrogen and oxygen atoms in total. The van der Waals surface area contributed by atoms with E-state index in [9.17, 15) is 0 Å². The van der Waals surface area contributed by atoms with Crippen LogP contribution in [0.15, 0.2) is 66.7 Å². The Balaban J connectivity index is 0.00000181. The zero-order valence-electron chi connectivity index (χ0n) is 17.1. The summed E-state index contributed by atoms with van der Waals surface area (Å²) in [6.45, 7) is 0. The lowest BCUT2D eigenvalue weighted by molar-refractivity contribution is 0.379. The SMILES string of the molecule is COc1cc(-c2cc3ccc(C(=N)N)cc3[nH]2)ccc1Oc1ccc(C(=N)N)cc1.Cl.Cl. The molecule has 0 aliphatic carbocycles. The maximum absolute atomic E-state index is 7.60. The number of rotatable bonds is 6. The fraction of sp³-hybridized carbons (Fsp3) is 0.0435. The van der Waals surface area contributed by atoms with Crippen LogP contribution in [-0.2, 0) is 0 Å². The number of fused-ring (bicyclic) bond motifs is 1. The fourth-order valence-electron chi connectivity index (χ4n) is 3.20. The molecule has 32 heavy (non-hydrogen) atoms. The van der Waals surface area contributed by atoms with E-state index in [1.54, 1.807) is 31.4 Å². The zero-order chi connectivity index (χ0) is 21.3. The van der Waals surface area contributed by atoms with Gasteiger partial charge in [0.15, 0.2) is 11.5 Å². The standard InChI is InChI=1S/C23H21N5O2.2ClH/c1-29-21-12-15(18-10-14-2-3-16(23(26)27)11-19(14)28-18)6-9-20(21)30-17-7-4-13(5-8-17)22(24)25;;/h2-12,28H,1H3,(H3,24,25)(H3,26,27);2*1H. The Morgan fingerprint density at radius 1 is 0.781 bits per heavy atom. The van der Waals surface area contributed by atoms with E-state index in [-0.39, 0.29) is 36.5 Å². The third-order valence-electron chi connectivity index (χ3n) is 4.80. The number of nitrogens with two attached hydrogens (primary N) is 2. The molecule has 0 spiro atoms. The van der Waals surface area contributed by atoms with Gasteiger partial charge >= 0.3 is 0 Å². The van der Waals surface area contributed by atoms with Crippen LogP contribution < -0.4 is 20.9 Å². The third-order valence-corrected chi connectivity index (χ3v) is 4.80. The summed E-state index contributed by atoms with van der Waals surface area (Å²) in [5, 5.41) is 16.1. The van der Waals surface area contributed by atoms with Crippen LogP contribution in [0.5, 0.6) is 17.2 Å². The quantitative estimate of drug-likeness (QED) is 0.198. The summed E-state index contributed by atoms with van der Waals surface area (Å²) in [5.41, 5.74) is 15.1. The second-order valence-corrected chi connectivity index (χ2v) is 6.80. The highest BCUT2D eigenvalue weighted by Crippen LogP contribution is 2.36. The monoisotopic (exact) mass is 471 g/mol. The van der Waals surface area contributed by atoms with E-state index in [1.807, 2.05) is 42.5 Å². The largest absolute Gasteiger partial charge is 0.493 e. The molecule has 4 aromatic rings. The Kier molecular flexibility index (Phi) is 7.75. The van der Waals surface area contributed by atoms with E-state index >= 15 is 0 Å². The molecule has 0 bridgehead atoms. The number of aromatic nitrogens is 1. The topological polar surface area (TPSA) is 134 Å². The molecule has 166 valence electrons. The number of benzene rings is 3. The van der Waals surface area contributed by atoms with Crippen molar-refractivity contribution in [2.75, 3.05) is 7.11 Å². The Hall–Kier alpha value is -3.68. The van der Waals surface area contributed by atoms with E-state index in [1.165, 1.54) is 0 Å². The third kappa shape index (κ3) is 4.96. The van der Waals surface area contributed by atoms with Gasteiger partial charge < -0.3 is 25.9 Å². The van der Waals surface area contributed by atoms with Crippen LogP contribution in [0.1, 0.15) is 11.1 Å². The summed E-state index contributed by atoms with van der Waals surface area (Å²) in [5.74, 6) is 1.83. The minimum absolute atomic E-state index is 0. The molecule has 0 fully saturated rings. The zero-order valence-corrected chi connectivity index (χ0v) is 18.8. The van der Waals surface area contributed by atoms with Crippen LogP contribution >= 0.6 is 24.8 Å². The molecular weight excluding hydrogens is 449 g/mol. The van der Waals surface area contributed by atoms with Gasteiger partial charge in [-0.2, -0.15) is 0 Å². The van der Waals surface area contributed by atoms with Crippen molar-refractivity contribution in [1.29, 1.82) is 10.8 Å². The molecule has 7 N–H and O–H groups in total. The number of amidine groups is 2. The van der Waals surface area contributed by atoms with E-state index in [2.05, 4.69) is 4.98 Å². The highest BCUT2D eigenvalue weighted by atomic mass is 35.5. The first-order valence-corrected chi connectivity index (χ1v) is 9.22. The van der Waals surface area contributed by atoms with Crippen LogP contribution in [0, 0.1) is 10.8 Å². The molecule has 4 rings (SSSR count). The second-order valence-electron chi connectivity index (χ2n) is 6.80. The van der Waals surface area contributed by atoms with Crippen LogP contribution in [0.2, 0.25) is 0 Å². The maximum atomic E-state index is 7.60. The summed E-state index contributed by atoms with van der Waals surface area (Å²) in [7, 11) is 1.59. The number of nitrogen functional groups attached to an aromatic ring is 2. The second kappa shape index (κ2) is 10.1. The molecule has 0 amide bonds. The van der Waals surface area contributed by atoms with Crippen molar-refractivity contribution in [2.24, 2.45) is 11.5 Å². The van der Waals surface area contributed by atoms with E-state index in [4.69, 9.17) is 31.8 Å². The van der Waals surface area contributed by atoms with Crippen molar-refractivity contribution >= 4 is 47.4 Å². The van der Waals surface area contributed by atoms with Gasteiger partial charge in [0.05, 0.1) is 7.11 Å². The first-order chi connectivity index (χ1) is 14.4. The normalized spacial score (nSPS) is 10.0. The molecule has 0 atom stereocenters. The van der Waals surface area contributed by atoms with E-state index in [0.717, 1.165) is 22.2 Å². The minimum Gasteiger partial charge on any atom is -0.493 e. The minimum atomic E-state index is 0. The van der Waals surface area contributed by atoms with Gasteiger partial charge in [-0.3, -0.25) is 10.8 Å². The van der Waals surface area contributed by atoms with Crippen LogP contribution in [-0.4, -0.2) is 23.8 Å². The molecule has 0 saturated carbocycles. The van der Waals surface area contributed by atoms with E-state index in [0.29, 0.717) is 28.4 Å². The number of halogens is 2. The summed E-state index contributed by atoms with van der Waals surface area (Å²) in [6.07, 6.45) is 0. The molecule has 9 heteroatoms. The van der Waals surface area contributed by atoms with Crippen molar-refractivity contribution < 1.29 is 9.47 Å². The maximum Gasteiger partial charge on any atom is 0.169 e. The molecule has 0 aliphatic heterocycles. The lowest BCUT2D eigenvalue weighted by atomic mass is 10.1. The number of nitrogens with one attached hydrogen (secondary N) is 3. The van der Waals surface area contributed by atoms with Gasteiger partial charge in [-0.25, -0.2) is 0 Å². The number of H-pyrrole nitrogens is 1. The molecule has 0 aliphatic rings. The van der Waals surface area contributed by atoms with Crippen LogP contribution in [0.25, 0.3) is 22.2 Å². The smallest absolute Gasteiger partial charge is 0.169 e. The molecule has 3 aromatic carbocycles. The Morgan fingerprint density at radius 3 is 2.06 bits per heavy atom. The van der Waals surface area contributed by atoms with Gasteiger partial charge in [0.2, 0.25) is 0 Å². The van der Waals surface area contributed by atoms with Crippen LogP contribution in [0.3, 0.4) is 0 Å². The van der Waals surface area contributed by atoms with Crippen molar-refractivity contribution in [3.63, 3.8) is 0 Å². The van der Waals surface area contributed by atoms with Gasteiger partial charge in [-0.05, 0) is 54.6 Å². The van der Waals surface area contributed by atoms with E-state index < -0.39 is 0 Å². The lowest BCUT2D eigenvalue weighted by Gasteiger charge is -2.12. The number of methoxy groups -OCH3 is 1. The number of aromatic amines is 1. The summed E-state index contributed by atoms with van der Waals surface area (Å²) in [6, 6.07) is 20.3. The summed E-state index contributed by atoms with van der Waals surface area (Å²) >= 11 is 0. The number of hydrogen-bond acceptors (Lipinski definition) is 4. The van der Waals surface area contributed by atoms with Gasteiger partial charge in [0.25, 0.3) is 0 Å². The lowest BCUT2D eigenvalue weighted by Crippen LogP contribution is -2.10. The molecule has 0 radical (unpaired) electrons. The predicted molar refractivity (Wildman–Crippen MR) is 133 cm³/mol. The Morgan fingerprint density at radius 2 is 1.44 bits per heavy atom. The first kappa shape index (κ1) is 24.6. The highest BCUT2D eigenvalue weighted by Gasteiger charge is 2.11. The highest BCUT2D eigenvalue weighted by molar-refractivity contribution is 5.99. The number of ether oxygens (including phenoxy) is 2. The molecular formula is C23H23Cl2N5O2. The molecule has 0 saturated heterocycles. The Bertz CT molecular complexity index is 1270. The fourth-order valence-corrected chi connectivity index (χ4v) is 3.20. The van der Waals surface area contributed by atoms with Crippen molar-refractivity contribution in [1.82, 2.24) is 4.98 Å². The predicted octanol–water partition coefficient (Wildman–Crippen LogP) is 5.05. The summed E-state index contributed by atoms with van der Waals surface area (Å²) in [4.78, 5) is 3.36. The first-order valence-electron chi connectivity index (χ1n) is 9.22.